The third kappa shape index (κ3) is 4.03. The van der Waals surface area contributed by atoms with Crippen LogP contribution in [0.15, 0.2) is 12.1 Å². The molecule has 100 valence electrons. The first kappa shape index (κ1) is 14.5. The standard InChI is InChI=1S/C11H12ClF2NO3/c1-2-17-10(16)4-6-3-8(15)9(5-7(6)12)18-11(13)14/h3,5,11H,2,4,15H2,1H3. The average molecular weight is 280 g/mol. The summed E-state index contributed by atoms with van der Waals surface area (Å²) in [5.41, 5.74) is 5.90. The number of hydrogen-bond donors (Lipinski definition) is 1. The molecule has 7 heteroatoms. The summed E-state index contributed by atoms with van der Waals surface area (Å²) in [7, 11) is 0. The molecular weight excluding hydrogens is 268 g/mol. The monoisotopic (exact) mass is 279 g/mol. The van der Waals surface area contributed by atoms with Crippen LogP contribution in [0.4, 0.5) is 14.5 Å². The summed E-state index contributed by atoms with van der Waals surface area (Å²) in [6.45, 7) is -1.06. The summed E-state index contributed by atoms with van der Waals surface area (Å²) < 4.78 is 33.0. The zero-order chi connectivity index (χ0) is 13.7. The van der Waals surface area contributed by atoms with Crippen molar-refractivity contribution in [3.63, 3.8) is 0 Å². The van der Waals surface area contributed by atoms with E-state index in [1.54, 1.807) is 6.92 Å². The van der Waals surface area contributed by atoms with E-state index in [9.17, 15) is 13.6 Å². The van der Waals surface area contributed by atoms with E-state index in [0.29, 0.717) is 5.56 Å². The van der Waals surface area contributed by atoms with Gasteiger partial charge in [-0.3, -0.25) is 4.79 Å². The third-order valence-electron chi connectivity index (χ3n) is 2.04. The first-order valence-electron chi connectivity index (χ1n) is 5.12. The molecule has 0 aromatic heterocycles. The van der Waals surface area contributed by atoms with Gasteiger partial charge in [0.15, 0.2) is 0 Å². The molecule has 0 saturated heterocycles. The Bertz CT molecular complexity index is 441. The van der Waals surface area contributed by atoms with Gasteiger partial charge in [-0.25, -0.2) is 0 Å². The second kappa shape index (κ2) is 6.39. The number of rotatable bonds is 5. The summed E-state index contributed by atoms with van der Waals surface area (Å²) >= 11 is 5.84. The molecule has 0 unspecified atom stereocenters. The molecule has 0 aliphatic carbocycles. The lowest BCUT2D eigenvalue weighted by Crippen LogP contribution is -2.09. The van der Waals surface area contributed by atoms with Crippen molar-refractivity contribution >= 4 is 23.3 Å². The number of esters is 1. The molecule has 0 atom stereocenters. The maximum Gasteiger partial charge on any atom is 0.387 e. The van der Waals surface area contributed by atoms with Crippen molar-refractivity contribution in [1.29, 1.82) is 0 Å². The van der Waals surface area contributed by atoms with Crippen LogP contribution in [0.3, 0.4) is 0 Å². The number of carbonyl (C=O) groups is 1. The first-order valence-corrected chi connectivity index (χ1v) is 5.50. The molecule has 18 heavy (non-hydrogen) atoms. The van der Waals surface area contributed by atoms with Gasteiger partial charge in [-0.05, 0) is 18.6 Å². The van der Waals surface area contributed by atoms with Crippen molar-refractivity contribution in [2.45, 2.75) is 20.0 Å². The third-order valence-corrected chi connectivity index (χ3v) is 2.39. The molecule has 0 aliphatic heterocycles. The van der Waals surface area contributed by atoms with E-state index in [2.05, 4.69) is 4.74 Å². The van der Waals surface area contributed by atoms with Crippen LogP contribution in [0.2, 0.25) is 5.02 Å². The highest BCUT2D eigenvalue weighted by molar-refractivity contribution is 6.31. The minimum Gasteiger partial charge on any atom is -0.466 e. The number of alkyl halides is 2. The van der Waals surface area contributed by atoms with E-state index in [0.717, 1.165) is 6.07 Å². The second-order valence-corrected chi connectivity index (χ2v) is 3.75. The number of halogens is 3. The summed E-state index contributed by atoms with van der Waals surface area (Å²) in [5, 5.41) is 0.118. The van der Waals surface area contributed by atoms with E-state index >= 15 is 0 Å². The minimum absolute atomic E-state index is 0.0148. The van der Waals surface area contributed by atoms with Crippen LogP contribution in [0.5, 0.6) is 5.75 Å². The van der Waals surface area contributed by atoms with Crippen LogP contribution in [-0.4, -0.2) is 19.2 Å². The Hall–Kier alpha value is -1.56. The quantitative estimate of drug-likeness (QED) is 0.665. The van der Waals surface area contributed by atoms with Gasteiger partial charge in [0.1, 0.15) is 5.75 Å². The van der Waals surface area contributed by atoms with Gasteiger partial charge in [-0.15, -0.1) is 0 Å². The van der Waals surface area contributed by atoms with Gasteiger partial charge >= 0.3 is 12.6 Å². The van der Waals surface area contributed by atoms with E-state index in [1.165, 1.54) is 6.07 Å². The Morgan fingerprint density at radius 3 is 2.72 bits per heavy atom. The van der Waals surface area contributed by atoms with Gasteiger partial charge in [0.2, 0.25) is 0 Å². The molecule has 2 N–H and O–H groups in total. The highest BCUT2D eigenvalue weighted by atomic mass is 35.5. The van der Waals surface area contributed by atoms with Gasteiger partial charge < -0.3 is 15.2 Å². The van der Waals surface area contributed by atoms with E-state index < -0.39 is 12.6 Å². The summed E-state index contributed by atoms with van der Waals surface area (Å²) in [6.07, 6.45) is -0.0775. The smallest absolute Gasteiger partial charge is 0.387 e. The number of hydrogen-bond acceptors (Lipinski definition) is 4. The Morgan fingerprint density at radius 1 is 1.50 bits per heavy atom. The predicted molar refractivity (Wildman–Crippen MR) is 62.8 cm³/mol. The minimum atomic E-state index is -2.99. The van der Waals surface area contributed by atoms with Crippen molar-refractivity contribution in [2.75, 3.05) is 12.3 Å². The molecular formula is C11H12ClF2NO3. The lowest BCUT2D eigenvalue weighted by atomic mass is 10.1. The highest BCUT2D eigenvalue weighted by Crippen LogP contribution is 2.30. The van der Waals surface area contributed by atoms with Gasteiger partial charge in [0.05, 0.1) is 18.7 Å². The lowest BCUT2D eigenvalue weighted by Gasteiger charge is -2.11. The number of carbonyl (C=O) groups excluding carboxylic acids is 1. The molecule has 0 heterocycles. The first-order chi connectivity index (χ1) is 8.43. The largest absolute Gasteiger partial charge is 0.466 e. The van der Waals surface area contributed by atoms with Crippen LogP contribution < -0.4 is 10.5 Å². The van der Waals surface area contributed by atoms with Crippen molar-refractivity contribution in [3.8, 4) is 5.75 Å². The SMILES string of the molecule is CCOC(=O)Cc1cc(N)c(OC(F)F)cc1Cl. The van der Waals surface area contributed by atoms with E-state index in [-0.39, 0.29) is 29.5 Å². The number of benzene rings is 1. The molecule has 0 radical (unpaired) electrons. The molecule has 0 amide bonds. The average Bonchev–Trinajstić information content (AvgIpc) is 2.25. The number of ether oxygens (including phenoxy) is 2. The molecule has 0 fully saturated rings. The second-order valence-electron chi connectivity index (χ2n) is 3.34. The molecule has 1 rings (SSSR count). The van der Waals surface area contributed by atoms with Crippen molar-refractivity contribution in [2.24, 2.45) is 0 Å². The molecule has 0 aliphatic rings. The fraction of sp³-hybridized carbons (Fsp3) is 0.364. The molecule has 1 aromatic carbocycles. The molecule has 0 bridgehead atoms. The normalized spacial score (nSPS) is 10.5. The molecule has 1 aromatic rings. The topological polar surface area (TPSA) is 61.5 Å². The zero-order valence-corrected chi connectivity index (χ0v) is 10.3. The van der Waals surface area contributed by atoms with Crippen LogP contribution in [0, 0.1) is 0 Å². The fourth-order valence-electron chi connectivity index (χ4n) is 1.32. The van der Waals surface area contributed by atoms with Crippen molar-refractivity contribution < 1.29 is 23.0 Å². The summed E-state index contributed by atoms with van der Waals surface area (Å²) in [4.78, 5) is 11.3. The maximum atomic E-state index is 12.0. The van der Waals surface area contributed by atoms with Crippen molar-refractivity contribution in [3.05, 3.63) is 22.7 Å². The van der Waals surface area contributed by atoms with Crippen LogP contribution >= 0.6 is 11.6 Å². The van der Waals surface area contributed by atoms with Gasteiger partial charge in [0.25, 0.3) is 0 Å². The Morgan fingerprint density at radius 2 is 2.17 bits per heavy atom. The van der Waals surface area contributed by atoms with Crippen molar-refractivity contribution in [1.82, 2.24) is 0 Å². The van der Waals surface area contributed by atoms with Gasteiger partial charge in [0, 0.05) is 11.1 Å². The summed E-state index contributed by atoms with van der Waals surface area (Å²) in [5.74, 6) is -0.691. The summed E-state index contributed by atoms with van der Waals surface area (Å²) in [6, 6.07) is 2.47. The maximum absolute atomic E-state index is 12.0. The highest BCUT2D eigenvalue weighted by Gasteiger charge is 2.14. The molecule has 4 nitrogen and oxygen atoms in total. The molecule has 0 saturated carbocycles. The fourth-order valence-corrected chi connectivity index (χ4v) is 1.54. The van der Waals surface area contributed by atoms with E-state index in [1.807, 2.05) is 0 Å². The van der Waals surface area contributed by atoms with Crippen LogP contribution in [0.1, 0.15) is 12.5 Å². The van der Waals surface area contributed by atoms with E-state index in [4.69, 9.17) is 22.1 Å². The Balaban J connectivity index is 2.89. The number of nitrogen functional groups attached to an aromatic ring is 1. The Kier molecular flexibility index (Phi) is 5.15. The van der Waals surface area contributed by atoms with Crippen LogP contribution in [-0.2, 0) is 16.0 Å². The lowest BCUT2D eigenvalue weighted by molar-refractivity contribution is -0.142. The number of anilines is 1. The predicted octanol–water partition coefficient (Wildman–Crippen LogP) is 2.63. The van der Waals surface area contributed by atoms with Gasteiger partial charge in [-0.2, -0.15) is 8.78 Å². The Labute approximate surface area is 108 Å². The number of nitrogens with two attached hydrogens (primary N) is 1. The molecule has 0 spiro atoms. The van der Waals surface area contributed by atoms with Gasteiger partial charge in [-0.1, -0.05) is 11.6 Å². The zero-order valence-electron chi connectivity index (χ0n) is 9.58. The van der Waals surface area contributed by atoms with Crippen LogP contribution in [0.25, 0.3) is 0 Å².